The molecule has 3 heteroatoms. The minimum Gasteiger partial charge on any atom is -0.218 e. The third-order valence-electron chi connectivity index (χ3n) is 6.32. The number of benzene rings is 1. The van der Waals surface area contributed by atoms with Gasteiger partial charge in [0.25, 0.3) is 11.6 Å². The highest BCUT2D eigenvalue weighted by atomic mass is 15.4. The Hall–Kier alpha value is -1.64. The third kappa shape index (κ3) is 2.32. The predicted octanol–water partition coefficient (Wildman–Crippen LogP) is 4.77. The molecule has 1 aromatic carbocycles. The fraction of sp³-hybridized carbons (Fsp3) is 0.652. The van der Waals surface area contributed by atoms with E-state index in [4.69, 9.17) is 5.10 Å². The van der Waals surface area contributed by atoms with Crippen molar-refractivity contribution in [1.82, 2.24) is 9.78 Å². The monoisotopic (exact) mass is 354 g/mol. The maximum absolute atomic E-state index is 4.97. The van der Waals surface area contributed by atoms with E-state index in [-0.39, 0.29) is 5.54 Å². The summed E-state index contributed by atoms with van der Waals surface area (Å²) in [6, 6.07) is 0. The van der Waals surface area contributed by atoms with Crippen molar-refractivity contribution >= 4 is 0 Å². The van der Waals surface area contributed by atoms with Gasteiger partial charge in [0.2, 0.25) is 0 Å². The van der Waals surface area contributed by atoms with E-state index in [0.717, 1.165) is 38.6 Å². The third-order valence-corrected chi connectivity index (χ3v) is 6.32. The first-order chi connectivity index (χ1) is 12.4. The van der Waals surface area contributed by atoms with Crippen molar-refractivity contribution in [2.75, 3.05) is 0 Å². The molecule has 0 saturated carbocycles. The molecule has 0 N–H and O–H groups in total. The Morgan fingerprint density at radius 1 is 0.769 bits per heavy atom. The lowest BCUT2D eigenvalue weighted by atomic mass is 9.78. The normalized spacial score (nSPS) is 14.6. The van der Waals surface area contributed by atoms with Crippen LogP contribution in [-0.2, 0) is 44.2 Å². The van der Waals surface area contributed by atoms with E-state index in [2.05, 4.69) is 64.6 Å². The van der Waals surface area contributed by atoms with E-state index < -0.39 is 0 Å². The Kier molecular flexibility index (Phi) is 5.02. The average molecular weight is 355 g/mol. The zero-order chi connectivity index (χ0) is 19.2. The summed E-state index contributed by atoms with van der Waals surface area (Å²) in [4.78, 5) is 0. The summed E-state index contributed by atoms with van der Waals surface area (Å²) in [5, 5.41) is 4.97. The van der Waals surface area contributed by atoms with Crippen molar-refractivity contribution in [3.63, 3.8) is 0 Å². The second-order valence-electron chi connectivity index (χ2n) is 7.88. The second kappa shape index (κ2) is 6.83. The molecule has 0 radical (unpaired) electrons. The van der Waals surface area contributed by atoms with E-state index >= 15 is 0 Å². The second-order valence-corrected chi connectivity index (χ2v) is 7.88. The standard InChI is InChI=1S/C23H36N3/c1-9-15-16(10-2)18(12-4)21-20(17(15)11-3)22-25(14-6)24-19(13-5)26(22)23(21,7)8/h9-14H2,1-8H3/q+1. The lowest BCUT2D eigenvalue weighted by molar-refractivity contribution is -0.738. The lowest BCUT2D eigenvalue weighted by Gasteiger charge is -2.27. The molecule has 3 rings (SSSR count). The Labute approximate surface area is 159 Å². The molecule has 1 aliphatic heterocycles. The van der Waals surface area contributed by atoms with Crippen LogP contribution in [0.3, 0.4) is 0 Å². The molecule has 0 unspecified atom stereocenters. The van der Waals surface area contributed by atoms with Crippen LogP contribution in [0.25, 0.3) is 11.4 Å². The van der Waals surface area contributed by atoms with Crippen molar-refractivity contribution in [3.05, 3.63) is 33.6 Å². The minimum atomic E-state index is -0.0329. The van der Waals surface area contributed by atoms with Crippen LogP contribution in [-0.4, -0.2) is 9.78 Å². The van der Waals surface area contributed by atoms with Gasteiger partial charge in [0.15, 0.2) is 0 Å². The summed E-state index contributed by atoms with van der Waals surface area (Å²) in [6.45, 7) is 19.5. The van der Waals surface area contributed by atoms with E-state index in [9.17, 15) is 0 Å². The smallest absolute Gasteiger partial charge is 0.218 e. The maximum Gasteiger partial charge on any atom is 0.278 e. The molecule has 1 aliphatic rings. The number of nitrogens with zero attached hydrogens (tertiary/aromatic N) is 3. The van der Waals surface area contributed by atoms with Crippen LogP contribution < -0.4 is 4.57 Å². The summed E-state index contributed by atoms with van der Waals surface area (Å²) in [7, 11) is 0. The maximum atomic E-state index is 4.97. The molecular formula is C23H36N3+. The van der Waals surface area contributed by atoms with Gasteiger partial charge >= 0.3 is 0 Å². The molecule has 0 aliphatic carbocycles. The van der Waals surface area contributed by atoms with Crippen LogP contribution in [0.4, 0.5) is 0 Å². The van der Waals surface area contributed by atoms with Gasteiger partial charge in [-0.25, -0.2) is 4.57 Å². The number of aryl methyl sites for hydroxylation is 2. The molecule has 1 aromatic heterocycles. The highest BCUT2D eigenvalue weighted by Crippen LogP contribution is 2.46. The molecule has 0 saturated heterocycles. The number of hydrogen-bond donors (Lipinski definition) is 0. The SMILES string of the molecule is CCc1c(CC)c(CC)c2c(c1CC)-c1n(CC)nc(CC)[n+]1C2(C)C. The van der Waals surface area contributed by atoms with Gasteiger partial charge in [-0.2, -0.15) is 0 Å². The first-order valence-corrected chi connectivity index (χ1v) is 10.6. The van der Waals surface area contributed by atoms with Gasteiger partial charge in [0.05, 0.1) is 5.56 Å². The molecule has 0 bridgehead atoms. The van der Waals surface area contributed by atoms with Crippen molar-refractivity contribution in [2.45, 2.75) is 99.6 Å². The first-order valence-electron chi connectivity index (χ1n) is 10.6. The quantitative estimate of drug-likeness (QED) is 0.685. The van der Waals surface area contributed by atoms with Crippen LogP contribution in [0.5, 0.6) is 0 Å². The number of aromatic nitrogens is 3. The summed E-state index contributed by atoms with van der Waals surface area (Å²) < 4.78 is 4.79. The largest absolute Gasteiger partial charge is 0.278 e. The van der Waals surface area contributed by atoms with Crippen LogP contribution in [0, 0.1) is 0 Å². The molecule has 2 aromatic rings. The van der Waals surface area contributed by atoms with Crippen molar-refractivity contribution in [3.8, 4) is 11.4 Å². The van der Waals surface area contributed by atoms with Gasteiger partial charge in [0.1, 0.15) is 12.1 Å². The zero-order valence-corrected chi connectivity index (χ0v) is 18.1. The molecule has 26 heavy (non-hydrogen) atoms. The predicted molar refractivity (Wildman–Crippen MR) is 109 cm³/mol. The van der Waals surface area contributed by atoms with Crippen LogP contribution in [0.15, 0.2) is 0 Å². The molecule has 0 fully saturated rings. The van der Waals surface area contributed by atoms with Crippen molar-refractivity contribution in [2.24, 2.45) is 0 Å². The Balaban J connectivity index is 2.55. The first kappa shape index (κ1) is 19.1. The lowest BCUT2D eigenvalue weighted by Crippen LogP contribution is -2.52. The molecule has 0 amide bonds. The fourth-order valence-electron chi connectivity index (χ4n) is 5.38. The molecule has 0 spiro atoms. The number of hydrogen-bond acceptors (Lipinski definition) is 1. The Morgan fingerprint density at radius 3 is 1.77 bits per heavy atom. The van der Waals surface area contributed by atoms with Gasteiger partial charge in [-0.3, -0.25) is 0 Å². The van der Waals surface area contributed by atoms with E-state index in [1.54, 1.807) is 27.8 Å². The minimum absolute atomic E-state index is 0.0329. The summed E-state index contributed by atoms with van der Waals surface area (Å²) >= 11 is 0. The van der Waals surface area contributed by atoms with E-state index in [1.807, 2.05) is 0 Å². The summed E-state index contributed by atoms with van der Waals surface area (Å²) in [5.41, 5.74) is 9.39. The Morgan fingerprint density at radius 2 is 1.31 bits per heavy atom. The summed E-state index contributed by atoms with van der Waals surface area (Å²) in [5.74, 6) is 2.55. The molecular weight excluding hydrogens is 318 g/mol. The highest BCUT2D eigenvalue weighted by molar-refractivity contribution is 5.73. The topological polar surface area (TPSA) is 21.7 Å². The fourth-order valence-corrected chi connectivity index (χ4v) is 5.38. The van der Waals surface area contributed by atoms with Gasteiger partial charge in [-0.15, -0.1) is 4.68 Å². The van der Waals surface area contributed by atoms with Gasteiger partial charge in [-0.05, 0) is 68.7 Å². The van der Waals surface area contributed by atoms with Crippen LogP contribution in [0.2, 0.25) is 0 Å². The summed E-state index contributed by atoms with van der Waals surface area (Å²) in [6.07, 6.45) is 5.42. The van der Waals surface area contributed by atoms with Crippen molar-refractivity contribution < 1.29 is 4.57 Å². The zero-order valence-electron chi connectivity index (χ0n) is 18.1. The van der Waals surface area contributed by atoms with E-state index in [0.29, 0.717) is 0 Å². The number of rotatable bonds is 6. The van der Waals surface area contributed by atoms with Crippen LogP contribution >= 0.6 is 0 Å². The molecule has 142 valence electrons. The molecule has 3 nitrogen and oxygen atoms in total. The van der Waals surface area contributed by atoms with E-state index in [1.165, 1.54) is 17.2 Å². The molecule has 2 heterocycles. The Bertz CT molecular complexity index is 840. The van der Waals surface area contributed by atoms with Gasteiger partial charge in [-0.1, -0.05) is 34.6 Å². The van der Waals surface area contributed by atoms with Gasteiger partial charge < -0.3 is 0 Å². The average Bonchev–Trinajstić information content (AvgIpc) is 3.14. The van der Waals surface area contributed by atoms with Crippen LogP contribution in [0.1, 0.15) is 89.0 Å². The number of fused-ring (bicyclic) bond motifs is 3. The van der Waals surface area contributed by atoms with Gasteiger partial charge in [0, 0.05) is 17.1 Å². The molecule has 0 atom stereocenters. The van der Waals surface area contributed by atoms with Crippen molar-refractivity contribution in [1.29, 1.82) is 0 Å². The highest BCUT2D eigenvalue weighted by Gasteiger charge is 2.48.